The van der Waals surface area contributed by atoms with Gasteiger partial charge in [-0.3, -0.25) is 9.40 Å². The fraction of sp³-hybridized carbons (Fsp3) is 0.333. The van der Waals surface area contributed by atoms with Crippen molar-refractivity contribution in [1.29, 1.82) is 0 Å². The minimum absolute atomic E-state index is 0.211. The van der Waals surface area contributed by atoms with E-state index in [0.29, 0.717) is 35.6 Å². The lowest BCUT2D eigenvalue weighted by molar-refractivity contribution is 0.0600. The molecule has 0 fully saturated rings. The van der Waals surface area contributed by atoms with E-state index < -0.39 is 16.0 Å². The van der Waals surface area contributed by atoms with Crippen LogP contribution >= 0.6 is 0 Å². The van der Waals surface area contributed by atoms with Crippen LogP contribution < -0.4 is 4.31 Å². The Kier molecular flexibility index (Phi) is 3.63. The van der Waals surface area contributed by atoms with E-state index in [-0.39, 0.29) is 4.90 Å². The zero-order chi connectivity index (χ0) is 16.8. The molecule has 0 unspecified atom stereocenters. The zero-order valence-electron chi connectivity index (χ0n) is 13.1. The van der Waals surface area contributed by atoms with Crippen molar-refractivity contribution in [3.05, 3.63) is 40.7 Å². The first-order valence-electron chi connectivity index (χ1n) is 7.12. The third kappa shape index (κ3) is 2.39. The van der Waals surface area contributed by atoms with Crippen LogP contribution in [0.2, 0.25) is 0 Å². The molecule has 7 nitrogen and oxygen atoms in total. The number of anilines is 1. The van der Waals surface area contributed by atoms with E-state index >= 15 is 0 Å². The maximum atomic E-state index is 12.9. The number of carbonyl (C=O) groups is 1. The van der Waals surface area contributed by atoms with Gasteiger partial charge in [0.2, 0.25) is 0 Å². The number of hydrogen-bond acceptors (Lipinski definition) is 5. The Balaban J connectivity index is 2.05. The molecule has 0 bridgehead atoms. The van der Waals surface area contributed by atoms with Gasteiger partial charge in [-0.05, 0) is 44.0 Å². The summed E-state index contributed by atoms with van der Waals surface area (Å²) in [4.78, 5) is 11.8. The molecular formula is C15H17N3O4S. The monoisotopic (exact) mass is 335 g/mol. The Morgan fingerprint density at radius 1 is 1.35 bits per heavy atom. The first-order chi connectivity index (χ1) is 10.9. The summed E-state index contributed by atoms with van der Waals surface area (Å²) in [6.07, 6.45) is 0.551. The molecule has 1 aromatic heterocycles. The predicted octanol–water partition coefficient (Wildman–Crippen LogP) is 1.56. The van der Waals surface area contributed by atoms with Crippen LogP contribution in [0.1, 0.15) is 27.3 Å². The van der Waals surface area contributed by atoms with Gasteiger partial charge >= 0.3 is 5.97 Å². The molecule has 8 heteroatoms. The molecule has 1 N–H and O–H groups in total. The van der Waals surface area contributed by atoms with Crippen LogP contribution in [-0.4, -0.2) is 38.2 Å². The van der Waals surface area contributed by atoms with Crippen LogP contribution in [-0.2, 0) is 21.2 Å². The van der Waals surface area contributed by atoms with E-state index in [4.69, 9.17) is 4.74 Å². The van der Waals surface area contributed by atoms with Crippen molar-refractivity contribution in [2.24, 2.45) is 0 Å². The molecule has 1 aromatic carbocycles. The van der Waals surface area contributed by atoms with Crippen molar-refractivity contribution in [2.75, 3.05) is 18.0 Å². The molecule has 1 aliphatic rings. The van der Waals surface area contributed by atoms with Gasteiger partial charge in [-0.2, -0.15) is 5.10 Å². The third-order valence-corrected chi connectivity index (χ3v) is 6.04. The highest BCUT2D eigenvalue weighted by atomic mass is 32.2. The van der Waals surface area contributed by atoms with Crippen LogP contribution in [0, 0.1) is 13.8 Å². The molecular weight excluding hydrogens is 318 g/mol. The second kappa shape index (κ2) is 5.38. The Morgan fingerprint density at radius 3 is 2.70 bits per heavy atom. The minimum Gasteiger partial charge on any atom is -0.465 e. The highest BCUT2D eigenvalue weighted by Gasteiger charge is 2.34. The topological polar surface area (TPSA) is 92.4 Å². The van der Waals surface area contributed by atoms with Gasteiger partial charge in [0.15, 0.2) is 0 Å². The van der Waals surface area contributed by atoms with E-state index in [2.05, 4.69) is 10.2 Å². The van der Waals surface area contributed by atoms with Crippen LogP contribution in [0.25, 0.3) is 0 Å². The first-order valence-corrected chi connectivity index (χ1v) is 8.56. The standard InChI is InChI=1S/C15H17N3O4S/c1-9-14(10(2)17-16-9)23(20,21)18-7-6-11-8-12(15(19)22-3)4-5-13(11)18/h4-5,8H,6-7H2,1-3H3,(H,16,17). The van der Waals surface area contributed by atoms with Gasteiger partial charge in [-0.25, -0.2) is 13.2 Å². The number of nitrogens with one attached hydrogen (secondary N) is 1. The van der Waals surface area contributed by atoms with Crippen molar-refractivity contribution in [2.45, 2.75) is 25.2 Å². The van der Waals surface area contributed by atoms with Gasteiger partial charge in [-0.1, -0.05) is 0 Å². The molecule has 1 aliphatic heterocycles. The third-order valence-electron chi connectivity index (χ3n) is 3.96. The first kappa shape index (κ1) is 15.5. The number of rotatable bonds is 3. The maximum Gasteiger partial charge on any atom is 0.337 e. The average molecular weight is 335 g/mol. The molecule has 0 radical (unpaired) electrons. The smallest absolute Gasteiger partial charge is 0.337 e. The summed E-state index contributed by atoms with van der Waals surface area (Å²) < 4.78 is 32.0. The number of esters is 1. The SMILES string of the molecule is COC(=O)c1ccc2c(c1)CCN2S(=O)(=O)c1c(C)n[nH]c1C. The number of aryl methyl sites for hydroxylation is 2. The second-order valence-electron chi connectivity index (χ2n) is 5.43. The van der Waals surface area contributed by atoms with Gasteiger partial charge in [0.25, 0.3) is 10.0 Å². The summed E-state index contributed by atoms with van der Waals surface area (Å²) in [6, 6.07) is 4.91. The zero-order valence-corrected chi connectivity index (χ0v) is 13.9. The Bertz CT molecular complexity index is 867. The van der Waals surface area contributed by atoms with Crippen LogP contribution in [0.3, 0.4) is 0 Å². The number of hydrogen-bond donors (Lipinski definition) is 1. The average Bonchev–Trinajstić information content (AvgIpc) is 3.09. The highest BCUT2D eigenvalue weighted by molar-refractivity contribution is 7.93. The summed E-state index contributed by atoms with van der Waals surface area (Å²) in [5.41, 5.74) is 2.79. The van der Waals surface area contributed by atoms with Gasteiger partial charge < -0.3 is 4.74 Å². The molecule has 2 heterocycles. The van der Waals surface area contributed by atoms with E-state index in [1.165, 1.54) is 11.4 Å². The number of aromatic nitrogens is 2. The van der Waals surface area contributed by atoms with Gasteiger partial charge in [0, 0.05) is 6.54 Å². The summed E-state index contributed by atoms with van der Waals surface area (Å²) in [6.45, 7) is 3.68. The molecule has 0 saturated heterocycles. The number of methoxy groups -OCH3 is 1. The summed E-state index contributed by atoms with van der Waals surface area (Å²) >= 11 is 0. The number of sulfonamides is 1. The lowest BCUT2D eigenvalue weighted by atomic mass is 10.1. The van der Waals surface area contributed by atoms with Crippen molar-refractivity contribution in [1.82, 2.24) is 10.2 Å². The van der Waals surface area contributed by atoms with Crippen LogP contribution in [0.15, 0.2) is 23.1 Å². The molecule has 122 valence electrons. The molecule has 0 aliphatic carbocycles. The van der Waals surface area contributed by atoms with Gasteiger partial charge in [-0.15, -0.1) is 0 Å². The maximum absolute atomic E-state index is 12.9. The van der Waals surface area contributed by atoms with E-state index in [1.807, 2.05) is 0 Å². The summed E-state index contributed by atoms with van der Waals surface area (Å²) in [5, 5.41) is 6.67. The predicted molar refractivity (Wildman–Crippen MR) is 84.1 cm³/mol. The molecule has 3 rings (SSSR count). The Hall–Kier alpha value is -2.35. The number of H-pyrrole nitrogens is 1. The molecule has 0 amide bonds. The van der Waals surface area contributed by atoms with Gasteiger partial charge in [0.1, 0.15) is 4.90 Å². The second-order valence-corrected chi connectivity index (χ2v) is 7.22. The van der Waals surface area contributed by atoms with E-state index in [9.17, 15) is 13.2 Å². The van der Waals surface area contributed by atoms with Crippen molar-refractivity contribution >= 4 is 21.7 Å². The number of carbonyl (C=O) groups excluding carboxylic acids is 1. The van der Waals surface area contributed by atoms with Gasteiger partial charge in [0.05, 0.1) is 29.7 Å². The number of benzene rings is 1. The van der Waals surface area contributed by atoms with Crippen LogP contribution in [0.4, 0.5) is 5.69 Å². The molecule has 2 aromatic rings. The van der Waals surface area contributed by atoms with Crippen LogP contribution in [0.5, 0.6) is 0 Å². The summed E-state index contributed by atoms with van der Waals surface area (Å²) in [5.74, 6) is -0.435. The molecule has 0 saturated carbocycles. The lowest BCUT2D eigenvalue weighted by Gasteiger charge is -2.19. The lowest BCUT2D eigenvalue weighted by Crippen LogP contribution is -2.29. The molecule has 0 atom stereocenters. The van der Waals surface area contributed by atoms with E-state index in [1.54, 1.807) is 32.0 Å². The Morgan fingerprint density at radius 2 is 2.09 bits per heavy atom. The van der Waals surface area contributed by atoms with Crippen molar-refractivity contribution < 1.29 is 17.9 Å². The molecule has 23 heavy (non-hydrogen) atoms. The fourth-order valence-corrected chi connectivity index (χ4v) is 4.74. The number of aromatic amines is 1. The quantitative estimate of drug-likeness (QED) is 0.860. The minimum atomic E-state index is -3.69. The number of fused-ring (bicyclic) bond motifs is 1. The highest BCUT2D eigenvalue weighted by Crippen LogP contribution is 2.35. The summed E-state index contributed by atoms with van der Waals surface area (Å²) in [7, 11) is -2.37. The molecule has 0 spiro atoms. The van der Waals surface area contributed by atoms with E-state index in [0.717, 1.165) is 5.56 Å². The number of nitrogens with zero attached hydrogens (tertiary/aromatic N) is 2. The number of ether oxygens (including phenoxy) is 1. The largest absolute Gasteiger partial charge is 0.465 e. The Labute approximate surface area is 134 Å². The van der Waals surface area contributed by atoms with Crippen molar-refractivity contribution in [3.63, 3.8) is 0 Å². The van der Waals surface area contributed by atoms with Crippen molar-refractivity contribution in [3.8, 4) is 0 Å². The fourth-order valence-electron chi connectivity index (χ4n) is 2.90. The normalized spacial score (nSPS) is 14.0.